The molecule has 0 unspecified atom stereocenters. The van der Waals surface area contributed by atoms with Crippen LogP contribution in [0.25, 0.3) is 5.65 Å². The number of imidazole rings is 1. The topological polar surface area (TPSA) is 92.5 Å². The molecule has 1 aliphatic heterocycles. The van der Waals surface area contributed by atoms with E-state index in [4.69, 9.17) is 14.7 Å². The second-order valence-electron chi connectivity index (χ2n) is 8.55. The molecule has 1 fully saturated rings. The molecule has 9 nitrogen and oxygen atoms in total. The van der Waals surface area contributed by atoms with Gasteiger partial charge in [-0.1, -0.05) is 19.9 Å². The van der Waals surface area contributed by atoms with Crippen LogP contribution < -0.4 is 20.3 Å². The molecule has 5 heterocycles. The van der Waals surface area contributed by atoms with Crippen LogP contribution in [-0.4, -0.2) is 44.0 Å². The van der Waals surface area contributed by atoms with E-state index in [0.717, 1.165) is 30.2 Å². The van der Waals surface area contributed by atoms with Crippen molar-refractivity contribution in [1.29, 1.82) is 0 Å². The normalized spacial score (nSPS) is 13.6. The fraction of sp³-hybridized carbons (Fsp3) is 0.333. The van der Waals surface area contributed by atoms with Crippen LogP contribution in [0.3, 0.4) is 0 Å². The number of hydrogen-bond acceptors (Lipinski definition) is 8. The molecule has 9 heteroatoms. The largest absolute Gasteiger partial charge is 0.477 e. The third-order valence-electron chi connectivity index (χ3n) is 5.34. The minimum Gasteiger partial charge on any atom is -0.477 e. The average molecular weight is 445 g/mol. The Hall–Kier alpha value is -3.88. The van der Waals surface area contributed by atoms with Gasteiger partial charge in [0.1, 0.15) is 23.1 Å². The van der Waals surface area contributed by atoms with Gasteiger partial charge in [0.05, 0.1) is 6.61 Å². The molecule has 0 atom stereocenters. The summed E-state index contributed by atoms with van der Waals surface area (Å²) in [6, 6.07) is 11.6. The van der Waals surface area contributed by atoms with Gasteiger partial charge in [0, 0.05) is 55.6 Å². The van der Waals surface area contributed by atoms with Gasteiger partial charge in [0.2, 0.25) is 11.8 Å². The molecule has 2 N–H and O–H groups in total. The highest BCUT2D eigenvalue weighted by atomic mass is 16.5. The highest BCUT2D eigenvalue weighted by Crippen LogP contribution is 2.26. The molecule has 0 amide bonds. The lowest BCUT2D eigenvalue weighted by Gasteiger charge is -2.19. The zero-order valence-electron chi connectivity index (χ0n) is 18.9. The highest BCUT2D eigenvalue weighted by Gasteiger charge is 2.16. The van der Waals surface area contributed by atoms with Crippen molar-refractivity contribution >= 4 is 34.7 Å². The molecule has 33 heavy (non-hydrogen) atoms. The predicted molar refractivity (Wildman–Crippen MR) is 130 cm³/mol. The third kappa shape index (κ3) is 5.14. The number of nitrogens with one attached hydrogen (secondary N) is 2. The number of ether oxygens (including phenoxy) is 1. The summed E-state index contributed by atoms with van der Waals surface area (Å²) >= 11 is 0. The quantitative estimate of drug-likeness (QED) is 0.406. The van der Waals surface area contributed by atoms with Gasteiger partial charge in [0.25, 0.3) is 0 Å². The minimum absolute atomic E-state index is 0.429. The van der Waals surface area contributed by atoms with Gasteiger partial charge in [0.15, 0.2) is 0 Å². The van der Waals surface area contributed by atoms with E-state index in [1.165, 1.54) is 12.8 Å². The number of nitrogens with zero attached hydrogens (tertiary/aromatic N) is 6. The summed E-state index contributed by atoms with van der Waals surface area (Å²) in [6.07, 6.45) is 8.01. The van der Waals surface area contributed by atoms with Crippen molar-refractivity contribution in [3.63, 3.8) is 0 Å². The van der Waals surface area contributed by atoms with Gasteiger partial charge in [-0.2, -0.15) is 15.0 Å². The fourth-order valence-electron chi connectivity index (χ4n) is 3.73. The first-order valence-electron chi connectivity index (χ1n) is 11.3. The summed E-state index contributed by atoms with van der Waals surface area (Å²) in [6.45, 7) is 6.82. The molecule has 0 radical (unpaired) electrons. The van der Waals surface area contributed by atoms with Crippen LogP contribution in [0.1, 0.15) is 26.7 Å². The molecule has 0 spiro atoms. The Morgan fingerprint density at radius 1 is 0.970 bits per heavy atom. The summed E-state index contributed by atoms with van der Waals surface area (Å²) in [5, 5.41) is 6.65. The van der Waals surface area contributed by atoms with Crippen molar-refractivity contribution in [1.82, 2.24) is 24.3 Å². The van der Waals surface area contributed by atoms with Crippen LogP contribution in [0.2, 0.25) is 0 Å². The molecule has 1 saturated heterocycles. The van der Waals surface area contributed by atoms with Gasteiger partial charge >= 0.3 is 0 Å². The van der Waals surface area contributed by atoms with E-state index < -0.39 is 0 Å². The molecular formula is C24H28N8O. The maximum Gasteiger partial charge on any atom is 0.232 e. The first kappa shape index (κ1) is 21.0. The monoisotopic (exact) mass is 444 g/mol. The second-order valence-corrected chi connectivity index (χ2v) is 8.55. The van der Waals surface area contributed by atoms with E-state index in [2.05, 4.69) is 39.3 Å². The lowest BCUT2D eigenvalue weighted by atomic mass is 10.2. The van der Waals surface area contributed by atoms with Crippen LogP contribution in [-0.2, 0) is 0 Å². The number of aromatic nitrogens is 5. The van der Waals surface area contributed by atoms with Gasteiger partial charge in [-0.15, -0.1) is 0 Å². The molecule has 0 aromatic carbocycles. The Morgan fingerprint density at radius 2 is 1.85 bits per heavy atom. The first-order valence-corrected chi connectivity index (χ1v) is 11.3. The number of pyridine rings is 2. The van der Waals surface area contributed by atoms with Crippen molar-refractivity contribution in [2.24, 2.45) is 5.92 Å². The zero-order chi connectivity index (χ0) is 22.6. The van der Waals surface area contributed by atoms with Gasteiger partial charge in [-0.25, -0.2) is 4.98 Å². The second kappa shape index (κ2) is 9.32. The van der Waals surface area contributed by atoms with E-state index >= 15 is 0 Å². The molecule has 0 saturated carbocycles. The third-order valence-corrected chi connectivity index (χ3v) is 5.34. The van der Waals surface area contributed by atoms with Crippen LogP contribution in [0.4, 0.5) is 29.1 Å². The number of hydrogen-bond donors (Lipinski definition) is 2. The first-order chi connectivity index (χ1) is 16.1. The molecule has 0 bridgehead atoms. The minimum atomic E-state index is 0.429. The van der Waals surface area contributed by atoms with Crippen LogP contribution in [0.5, 0.6) is 5.88 Å². The lowest BCUT2D eigenvalue weighted by Crippen LogP contribution is -2.20. The number of fused-ring (bicyclic) bond motifs is 1. The molecule has 170 valence electrons. The van der Waals surface area contributed by atoms with Crippen molar-refractivity contribution in [3.05, 3.63) is 55.0 Å². The maximum absolute atomic E-state index is 5.76. The Kier molecular flexibility index (Phi) is 5.93. The molecule has 1 aliphatic rings. The fourth-order valence-corrected chi connectivity index (χ4v) is 3.73. The predicted octanol–water partition coefficient (Wildman–Crippen LogP) is 4.64. The van der Waals surface area contributed by atoms with E-state index in [1.54, 1.807) is 6.20 Å². The molecule has 4 aromatic heterocycles. The standard InChI is InChI=1S/C24H28N8O/c1-17(2)16-33-23-7-5-6-19(27-23)28-24-29-20(15-22(30-24)31-10-3-4-11-31)26-18-8-12-32-13-9-25-21(32)14-18/h5-9,12-15,17H,3-4,10-11,16H2,1-2H3,(H2,26,27,28,29,30). The summed E-state index contributed by atoms with van der Waals surface area (Å²) in [5.74, 6) is 3.73. The smallest absolute Gasteiger partial charge is 0.232 e. The Bertz CT molecular complexity index is 1230. The Morgan fingerprint density at radius 3 is 2.70 bits per heavy atom. The zero-order valence-corrected chi connectivity index (χ0v) is 18.9. The summed E-state index contributed by atoms with van der Waals surface area (Å²) < 4.78 is 7.73. The van der Waals surface area contributed by atoms with Crippen molar-refractivity contribution < 1.29 is 4.74 Å². The van der Waals surface area contributed by atoms with E-state index in [9.17, 15) is 0 Å². The van der Waals surface area contributed by atoms with E-state index in [-0.39, 0.29) is 0 Å². The average Bonchev–Trinajstić information content (AvgIpc) is 3.50. The summed E-state index contributed by atoms with van der Waals surface area (Å²) in [5.41, 5.74) is 1.78. The van der Waals surface area contributed by atoms with Crippen molar-refractivity contribution in [3.8, 4) is 5.88 Å². The molecule has 5 rings (SSSR count). The Balaban J connectivity index is 1.41. The lowest BCUT2D eigenvalue weighted by molar-refractivity contribution is 0.262. The van der Waals surface area contributed by atoms with Crippen molar-refractivity contribution in [2.75, 3.05) is 35.2 Å². The summed E-state index contributed by atoms with van der Waals surface area (Å²) in [4.78, 5) is 20.7. The SMILES string of the molecule is CC(C)COc1cccc(Nc2nc(Nc3ccn4ccnc4c3)cc(N3CCCC3)n2)n1. The summed E-state index contributed by atoms with van der Waals surface area (Å²) in [7, 11) is 0. The van der Waals surface area contributed by atoms with Crippen LogP contribution in [0, 0.1) is 5.92 Å². The van der Waals surface area contributed by atoms with Gasteiger partial charge in [-0.05, 0) is 30.9 Å². The Labute approximate surface area is 192 Å². The molecule has 0 aliphatic carbocycles. The molecule has 4 aromatic rings. The van der Waals surface area contributed by atoms with Gasteiger partial charge in [-0.3, -0.25) is 0 Å². The van der Waals surface area contributed by atoms with Crippen molar-refractivity contribution in [2.45, 2.75) is 26.7 Å². The number of anilines is 5. The maximum atomic E-state index is 5.76. The molecular weight excluding hydrogens is 416 g/mol. The van der Waals surface area contributed by atoms with Crippen LogP contribution >= 0.6 is 0 Å². The highest BCUT2D eigenvalue weighted by molar-refractivity contribution is 5.65. The van der Waals surface area contributed by atoms with E-state index in [0.29, 0.717) is 36.0 Å². The van der Waals surface area contributed by atoms with Gasteiger partial charge < -0.3 is 24.7 Å². The van der Waals surface area contributed by atoms with E-state index in [1.807, 2.05) is 53.2 Å². The van der Waals surface area contributed by atoms with Crippen LogP contribution in [0.15, 0.2) is 55.0 Å². The number of rotatable bonds is 8.